The minimum absolute atomic E-state index is 0.0460. The zero-order valence-corrected chi connectivity index (χ0v) is 61.1. The molecule has 0 atom stereocenters. The van der Waals surface area contributed by atoms with E-state index in [1.165, 1.54) is 250 Å². The maximum atomic E-state index is 7.45. The van der Waals surface area contributed by atoms with Crippen molar-refractivity contribution in [2.75, 3.05) is 0 Å². The van der Waals surface area contributed by atoms with Crippen LogP contribution in [0.1, 0.15) is 353 Å². The van der Waals surface area contributed by atoms with Gasteiger partial charge in [-0.2, -0.15) is 0 Å². The second-order valence-electron chi connectivity index (χ2n) is 27.9. The van der Waals surface area contributed by atoms with Crippen molar-refractivity contribution in [1.82, 2.24) is 0 Å². The van der Waals surface area contributed by atoms with Gasteiger partial charge >= 0.3 is 13.0 Å². The zero-order chi connectivity index (χ0) is 64.1. The molecule has 0 radical (unpaired) electrons. The maximum Gasteiger partial charge on any atom is 0.319 e. The standard InChI is InChI=1S/C84H118O4P2S2/c1-5-9-13-17-21-25-29-33-43-51-73-67-55-59-81-77(63-67)75(53-45-35-31-27-23-19-15-11-7-3)79-65-69(57-61-83(79)87-89(91,85-81)71-47-39-37-40-48-71)74(52-44-34-30-26-22-18-14-10-6-2)70-58-62-84-80(66-70)76(54-46-36-32-28-24-20-16-12-8-4)78-64-68(73)56-60-82(78)86-90(92,88-84)72-49-41-38-42-50-72/h37-42,47-50,55-66,73-76H,5-36,43-46,51-54H2,1-4H3. The van der Waals surface area contributed by atoms with Gasteiger partial charge in [0.15, 0.2) is 0 Å². The highest BCUT2D eigenvalue weighted by atomic mass is 32.5. The normalized spacial score (nSPS) is 19.6. The van der Waals surface area contributed by atoms with Gasteiger partial charge < -0.3 is 18.1 Å². The molecule has 500 valence electrons. The molecule has 8 bridgehead atoms. The summed E-state index contributed by atoms with van der Waals surface area (Å²) >= 11 is 13.6. The topological polar surface area (TPSA) is 36.9 Å². The molecule has 0 N–H and O–H groups in total. The van der Waals surface area contributed by atoms with E-state index in [2.05, 4.69) is 161 Å². The van der Waals surface area contributed by atoms with E-state index < -0.39 is 13.0 Å². The van der Waals surface area contributed by atoms with Crippen molar-refractivity contribution in [2.24, 2.45) is 0 Å². The van der Waals surface area contributed by atoms with E-state index in [1.54, 1.807) is 0 Å². The highest BCUT2D eigenvalue weighted by molar-refractivity contribution is 8.14. The first-order valence-corrected chi connectivity index (χ1v) is 43.2. The van der Waals surface area contributed by atoms with E-state index in [0.29, 0.717) is 0 Å². The van der Waals surface area contributed by atoms with Crippen molar-refractivity contribution in [3.05, 3.63) is 178 Å². The minimum Gasteiger partial charge on any atom is -0.432 e. The molecular weight excluding hydrogens is 1200 g/mol. The molecule has 0 saturated carbocycles. The minimum atomic E-state index is -3.12. The number of unbranched alkanes of at least 4 members (excludes halogenated alkanes) is 32. The first-order chi connectivity index (χ1) is 45.3. The highest BCUT2D eigenvalue weighted by Gasteiger charge is 2.38. The number of hydrogen-bond acceptors (Lipinski definition) is 6. The summed E-state index contributed by atoms with van der Waals surface area (Å²) in [5, 5.41) is 1.87. The lowest BCUT2D eigenvalue weighted by Crippen LogP contribution is -2.20. The third kappa shape index (κ3) is 20.9. The van der Waals surface area contributed by atoms with Gasteiger partial charge in [0.05, 0.1) is 10.6 Å². The molecule has 1 aliphatic carbocycles. The summed E-state index contributed by atoms with van der Waals surface area (Å²) in [7, 11) is 0. The van der Waals surface area contributed by atoms with Gasteiger partial charge in [0.2, 0.25) is 0 Å². The Morgan fingerprint density at radius 1 is 0.250 bits per heavy atom. The predicted molar refractivity (Wildman–Crippen MR) is 404 cm³/mol. The summed E-state index contributed by atoms with van der Waals surface area (Å²) in [5.41, 5.74) is 10.5. The quantitative estimate of drug-likeness (QED) is 0.0281. The fourth-order valence-corrected chi connectivity index (χ4v) is 20.2. The van der Waals surface area contributed by atoms with Gasteiger partial charge in [-0.15, -0.1) is 0 Å². The highest BCUT2D eigenvalue weighted by Crippen LogP contribution is 2.59. The van der Waals surface area contributed by atoms with Crippen LogP contribution in [0.4, 0.5) is 0 Å². The SMILES string of the molecule is CCCCCCCCCCCC1c2ccc3c(c2)C(CCCCCCCCCCC)c2cc(ccc2OP(=S)(c2ccccc2)O3)C(CCCCCCCCCCC)c2ccc3c(c2)C(CCCCCCCCCCC)c2cc1ccc2OP(=S)(c1ccccc1)O3. The van der Waals surface area contributed by atoms with Crippen LogP contribution in [0.25, 0.3) is 0 Å². The molecule has 2 heterocycles. The first-order valence-electron chi connectivity index (χ1n) is 37.9. The molecule has 8 heteroatoms. The van der Waals surface area contributed by atoms with Gasteiger partial charge in [-0.1, -0.05) is 344 Å². The Balaban J connectivity index is 1.21. The molecule has 2 aliphatic heterocycles. The molecule has 0 unspecified atom stereocenters. The van der Waals surface area contributed by atoms with Crippen LogP contribution in [-0.4, -0.2) is 0 Å². The van der Waals surface area contributed by atoms with Crippen molar-refractivity contribution in [3.8, 4) is 23.0 Å². The van der Waals surface area contributed by atoms with Crippen LogP contribution >= 0.6 is 13.0 Å². The maximum absolute atomic E-state index is 7.45. The summed E-state index contributed by atoms with van der Waals surface area (Å²) < 4.78 is 29.8. The van der Waals surface area contributed by atoms with Crippen molar-refractivity contribution in [1.29, 1.82) is 0 Å². The van der Waals surface area contributed by atoms with Gasteiger partial charge in [0.25, 0.3) is 0 Å². The average Bonchev–Trinajstić information content (AvgIpc) is 0.758. The van der Waals surface area contributed by atoms with Crippen molar-refractivity contribution in [2.45, 2.75) is 308 Å². The summed E-state index contributed by atoms with van der Waals surface area (Å²) in [6, 6.07) is 50.2. The van der Waals surface area contributed by atoms with Gasteiger partial charge in [-0.25, -0.2) is 0 Å². The van der Waals surface area contributed by atoms with Gasteiger partial charge in [0, 0.05) is 45.9 Å². The third-order valence-electron chi connectivity index (χ3n) is 20.7. The molecule has 0 spiro atoms. The lowest BCUT2D eigenvalue weighted by molar-refractivity contribution is 0.465. The second kappa shape index (κ2) is 39.1. The largest absolute Gasteiger partial charge is 0.432 e. The monoisotopic (exact) mass is 1320 g/mol. The summed E-state index contributed by atoms with van der Waals surface area (Å²) in [6.07, 6.45) is 50.7. The van der Waals surface area contributed by atoms with E-state index in [4.69, 9.17) is 41.7 Å². The molecule has 6 aromatic carbocycles. The third-order valence-corrected chi connectivity index (χ3v) is 26.4. The van der Waals surface area contributed by atoms with Crippen LogP contribution in [-0.2, 0) is 23.6 Å². The average molecular weight is 1320 g/mol. The van der Waals surface area contributed by atoms with Crippen molar-refractivity contribution >= 4 is 47.2 Å². The number of fused-ring (bicyclic) bond motifs is 4. The second-order valence-corrected chi connectivity index (χ2v) is 34.5. The Morgan fingerprint density at radius 3 is 0.685 bits per heavy atom. The van der Waals surface area contributed by atoms with Gasteiger partial charge in [-0.3, -0.25) is 0 Å². The molecule has 0 fully saturated rings. The van der Waals surface area contributed by atoms with Crippen molar-refractivity contribution < 1.29 is 18.1 Å². The van der Waals surface area contributed by atoms with Crippen LogP contribution in [0.3, 0.4) is 0 Å². The molecular formula is C84H118O4P2S2. The molecule has 9 rings (SSSR count). The predicted octanol–water partition coefficient (Wildman–Crippen LogP) is 27.0. The molecule has 0 saturated heterocycles. The molecule has 6 aromatic rings. The zero-order valence-electron chi connectivity index (χ0n) is 57.6. The van der Waals surface area contributed by atoms with Crippen LogP contribution in [0.15, 0.2) is 133 Å². The number of rotatable bonds is 42. The van der Waals surface area contributed by atoms with E-state index in [9.17, 15) is 0 Å². The van der Waals surface area contributed by atoms with E-state index in [1.807, 2.05) is 0 Å². The lowest BCUT2D eigenvalue weighted by atomic mass is 9.77. The number of benzene rings is 6. The molecule has 3 aliphatic rings. The Bertz CT molecular complexity index is 2860. The fraction of sp³-hybridized carbons (Fsp3) is 0.571. The van der Waals surface area contributed by atoms with Gasteiger partial charge in [-0.05, 0) is 120 Å². The fourth-order valence-electron chi connectivity index (χ4n) is 15.2. The Kier molecular flexibility index (Phi) is 30.7. The van der Waals surface area contributed by atoms with Gasteiger partial charge in [0.1, 0.15) is 23.0 Å². The summed E-state index contributed by atoms with van der Waals surface area (Å²) in [4.78, 5) is 0. The molecule has 0 aromatic heterocycles. The lowest BCUT2D eigenvalue weighted by Gasteiger charge is -2.35. The molecule has 92 heavy (non-hydrogen) atoms. The first kappa shape index (κ1) is 72.1. The van der Waals surface area contributed by atoms with E-state index in [-0.39, 0.29) is 23.7 Å². The van der Waals surface area contributed by atoms with E-state index >= 15 is 0 Å². The Hall–Kier alpha value is -4.18. The summed E-state index contributed by atoms with van der Waals surface area (Å²) in [6.45, 7) is 3.03. The summed E-state index contributed by atoms with van der Waals surface area (Å²) in [5.74, 6) is 3.89. The number of hydrogen-bond donors (Lipinski definition) is 0. The van der Waals surface area contributed by atoms with Crippen LogP contribution in [0.2, 0.25) is 0 Å². The van der Waals surface area contributed by atoms with E-state index in [0.717, 1.165) is 85.0 Å². The van der Waals surface area contributed by atoms with Crippen LogP contribution in [0, 0.1) is 0 Å². The van der Waals surface area contributed by atoms with Crippen LogP contribution in [0.5, 0.6) is 23.0 Å². The molecule has 4 nitrogen and oxygen atoms in total. The van der Waals surface area contributed by atoms with Crippen LogP contribution < -0.4 is 28.7 Å². The Morgan fingerprint density at radius 2 is 0.457 bits per heavy atom. The Labute approximate surface area is 570 Å². The van der Waals surface area contributed by atoms with Crippen molar-refractivity contribution in [3.63, 3.8) is 0 Å². The molecule has 0 amide bonds. The smallest absolute Gasteiger partial charge is 0.319 e.